The summed E-state index contributed by atoms with van der Waals surface area (Å²) in [6, 6.07) is 13.5. The topological polar surface area (TPSA) is 3.24 Å². The Hall–Kier alpha value is -2.68. The lowest BCUT2D eigenvalue weighted by Gasteiger charge is -2.32. The maximum atomic E-state index is 14.4. The molecule has 1 aliphatic heterocycles. The zero-order valence-electron chi connectivity index (χ0n) is 15.1. The van der Waals surface area contributed by atoms with Crippen LogP contribution in [0.3, 0.4) is 0 Å². The van der Waals surface area contributed by atoms with E-state index in [0.29, 0.717) is 5.70 Å². The Morgan fingerprint density at radius 1 is 0.880 bits per heavy atom. The number of hydrogen-bond acceptors (Lipinski definition) is 1. The largest absolute Gasteiger partial charge is 0.344 e. The number of halogens is 2. The molecule has 1 nitrogen and oxygen atoms in total. The molecule has 0 aliphatic carbocycles. The molecule has 0 saturated carbocycles. The number of likely N-dealkylation sites (N-methyl/N-ethyl adjacent to an activating group) is 1. The van der Waals surface area contributed by atoms with Gasteiger partial charge in [0.25, 0.3) is 0 Å². The molecule has 1 aliphatic rings. The molecule has 0 saturated heterocycles. The van der Waals surface area contributed by atoms with Crippen molar-refractivity contribution in [2.24, 2.45) is 0 Å². The van der Waals surface area contributed by atoms with Gasteiger partial charge in [-0.2, -0.15) is 0 Å². The van der Waals surface area contributed by atoms with E-state index in [1.165, 1.54) is 18.2 Å². The molecule has 2 aromatic rings. The van der Waals surface area contributed by atoms with E-state index in [2.05, 4.69) is 6.58 Å². The van der Waals surface area contributed by atoms with Crippen LogP contribution < -0.4 is 0 Å². The van der Waals surface area contributed by atoms with E-state index in [1.54, 1.807) is 11.9 Å². The van der Waals surface area contributed by atoms with Crippen LogP contribution in [0.1, 0.15) is 31.9 Å². The van der Waals surface area contributed by atoms with Crippen molar-refractivity contribution in [1.29, 1.82) is 0 Å². The third kappa shape index (κ3) is 3.55. The minimum Gasteiger partial charge on any atom is -0.344 e. The van der Waals surface area contributed by atoms with Gasteiger partial charge in [-0.15, -0.1) is 0 Å². The number of benzene rings is 2. The van der Waals surface area contributed by atoms with Crippen molar-refractivity contribution in [3.05, 3.63) is 95.2 Å². The van der Waals surface area contributed by atoms with Crippen LogP contribution in [-0.2, 0) is 0 Å². The van der Waals surface area contributed by atoms with E-state index in [9.17, 15) is 8.78 Å². The van der Waals surface area contributed by atoms with Gasteiger partial charge in [0.05, 0.1) is 11.3 Å². The fraction of sp³-hybridized carbons (Fsp3) is 0.182. The maximum Gasteiger partial charge on any atom is 0.135 e. The Kier molecular flexibility index (Phi) is 5.92. The first-order chi connectivity index (χ1) is 12.0. The maximum absolute atomic E-state index is 14.4. The highest BCUT2D eigenvalue weighted by Crippen LogP contribution is 2.39. The zero-order chi connectivity index (χ0) is 18.6. The quantitative estimate of drug-likeness (QED) is 0.624. The highest BCUT2D eigenvalue weighted by molar-refractivity contribution is 5.97. The second-order valence-electron chi connectivity index (χ2n) is 5.56. The molecule has 3 heteroatoms. The lowest BCUT2D eigenvalue weighted by molar-refractivity contribution is 0.548. The summed E-state index contributed by atoms with van der Waals surface area (Å²) in [6.45, 7) is 9.96. The van der Waals surface area contributed by atoms with Gasteiger partial charge in [0.15, 0.2) is 0 Å². The molecular weight excluding hydrogens is 316 g/mol. The number of nitrogens with zero attached hydrogens (tertiary/aromatic N) is 1. The number of hydrogen-bond donors (Lipinski definition) is 0. The van der Waals surface area contributed by atoms with Crippen molar-refractivity contribution in [2.75, 3.05) is 7.05 Å². The zero-order valence-corrected chi connectivity index (χ0v) is 15.1. The normalized spacial score (nSPS) is 14.1. The lowest BCUT2D eigenvalue weighted by atomic mass is 9.92. The minimum absolute atomic E-state index is 0.0289. The molecule has 0 spiro atoms. The Morgan fingerprint density at radius 2 is 1.44 bits per heavy atom. The third-order valence-electron chi connectivity index (χ3n) is 4.10. The predicted octanol–water partition coefficient (Wildman–Crippen LogP) is 6.26. The molecule has 0 fully saturated rings. The monoisotopic (exact) mass is 339 g/mol. The predicted molar refractivity (Wildman–Crippen MR) is 102 cm³/mol. The molecule has 0 unspecified atom stereocenters. The van der Waals surface area contributed by atoms with Gasteiger partial charge in [-0.05, 0) is 36.3 Å². The average Bonchev–Trinajstić information content (AvgIpc) is 2.63. The van der Waals surface area contributed by atoms with Crippen LogP contribution in [0.2, 0.25) is 0 Å². The fourth-order valence-corrected chi connectivity index (χ4v) is 2.81. The second kappa shape index (κ2) is 7.93. The van der Waals surface area contributed by atoms with E-state index in [4.69, 9.17) is 0 Å². The van der Waals surface area contributed by atoms with Crippen molar-refractivity contribution in [3.63, 3.8) is 0 Å². The Morgan fingerprint density at radius 3 is 2.00 bits per heavy atom. The van der Waals surface area contributed by atoms with Crippen molar-refractivity contribution in [1.82, 2.24) is 4.90 Å². The van der Waals surface area contributed by atoms with Crippen LogP contribution in [0.4, 0.5) is 8.78 Å². The number of allylic oxidation sites excluding steroid dienone is 3. The van der Waals surface area contributed by atoms with Crippen LogP contribution >= 0.6 is 0 Å². The molecule has 0 bridgehead atoms. The standard InChI is InChI=1S/C20H17F2N.C2H6/c1-13-12-16(15-8-5-4-6-9-15)20(23(3)14(13)2)19-17(21)10-7-11-18(19)22;1-2/h4-12H,2H2,1,3H3;1-2H3. The van der Waals surface area contributed by atoms with Gasteiger partial charge in [0.1, 0.15) is 11.6 Å². The van der Waals surface area contributed by atoms with Crippen molar-refractivity contribution >= 4 is 11.3 Å². The van der Waals surface area contributed by atoms with Crippen LogP contribution in [0, 0.1) is 11.6 Å². The van der Waals surface area contributed by atoms with Gasteiger partial charge in [-0.25, -0.2) is 8.78 Å². The summed E-state index contributed by atoms with van der Waals surface area (Å²) >= 11 is 0. The Bertz CT molecular complexity index is 812. The van der Waals surface area contributed by atoms with Crippen LogP contribution in [0.25, 0.3) is 11.3 Å². The molecule has 3 rings (SSSR count). The highest BCUT2D eigenvalue weighted by atomic mass is 19.1. The molecule has 2 aromatic carbocycles. The van der Waals surface area contributed by atoms with Crippen molar-refractivity contribution in [2.45, 2.75) is 20.8 Å². The molecule has 0 atom stereocenters. The van der Waals surface area contributed by atoms with Crippen LogP contribution in [-0.4, -0.2) is 11.9 Å². The molecule has 0 N–H and O–H groups in total. The van der Waals surface area contributed by atoms with E-state index in [-0.39, 0.29) is 5.56 Å². The highest BCUT2D eigenvalue weighted by Gasteiger charge is 2.26. The summed E-state index contributed by atoms with van der Waals surface area (Å²) in [5.74, 6) is -1.16. The molecular formula is C22H23F2N. The van der Waals surface area contributed by atoms with Gasteiger partial charge in [-0.1, -0.05) is 56.8 Å². The van der Waals surface area contributed by atoms with Crippen LogP contribution in [0.15, 0.2) is 72.5 Å². The van der Waals surface area contributed by atoms with Gasteiger partial charge in [0.2, 0.25) is 0 Å². The van der Waals surface area contributed by atoms with Gasteiger partial charge in [0, 0.05) is 18.3 Å². The smallest absolute Gasteiger partial charge is 0.135 e. The lowest BCUT2D eigenvalue weighted by Crippen LogP contribution is -2.22. The first-order valence-corrected chi connectivity index (χ1v) is 8.36. The molecule has 25 heavy (non-hydrogen) atoms. The summed E-state index contributed by atoms with van der Waals surface area (Å²) < 4.78 is 28.7. The summed E-state index contributed by atoms with van der Waals surface area (Å²) in [5, 5.41) is 0. The molecule has 0 amide bonds. The minimum atomic E-state index is -0.582. The second-order valence-corrected chi connectivity index (χ2v) is 5.56. The SMILES string of the molecule is C=C1C(C)=CC(c2ccccc2)=C(c2c(F)cccc2F)N1C.CC. The van der Waals surface area contributed by atoms with E-state index >= 15 is 0 Å². The Balaban J connectivity index is 0.00000109. The first kappa shape index (κ1) is 18.7. The fourth-order valence-electron chi connectivity index (χ4n) is 2.81. The average molecular weight is 339 g/mol. The molecule has 1 heterocycles. The summed E-state index contributed by atoms with van der Waals surface area (Å²) in [7, 11) is 1.78. The van der Waals surface area contributed by atoms with E-state index < -0.39 is 11.6 Å². The summed E-state index contributed by atoms with van der Waals surface area (Å²) in [4.78, 5) is 1.75. The van der Waals surface area contributed by atoms with E-state index in [0.717, 1.165) is 22.4 Å². The van der Waals surface area contributed by atoms with Crippen LogP contribution in [0.5, 0.6) is 0 Å². The summed E-state index contributed by atoms with van der Waals surface area (Å²) in [6.07, 6.45) is 1.93. The number of rotatable bonds is 2. The first-order valence-electron chi connectivity index (χ1n) is 8.36. The Labute approximate surface area is 148 Å². The van der Waals surface area contributed by atoms with Crippen molar-refractivity contribution in [3.8, 4) is 0 Å². The van der Waals surface area contributed by atoms with Gasteiger partial charge < -0.3 is 4.90 Å². The van der Waals surface area contributed by atoms with Crippen molar-refractivity contribution < 1.29 is 8.78 Å². The molecule has 0 radical (unpaired) electrons. The summed E-state index contributed by atoms with van der Waals surface area (Å²) in [5.41, 5.74) is 3.83. The molecule has 130 valence electrons. The molecule has 0 aromatic heterocycles. The van der Waals surface area contributed by atoms with E-state index in [1.807, 2.05) is 57.2 Å². The van der Waals surface area contributed by atoms with Gasteiger partial charge >= 0.3 is 0 Å². The van der Waals surface area contributed by atoms with Gasteiger partial charge in [-0.3, -0.25) is 0 Å². The third-order valence-corrected chi connectivity index (χ3v) is 4.10.